The number of hydrogen-bond donors (Lipinski definition) is 2. The Hall–Kier alpha value is -0.830. The summed E-state index contributed by atoms with van der Waals surface area (Å²) in [6, 6.07) is 0.456. The third-order valence-corrected chi connectivity index (χ3v) is 2.65. The summed E-state index contributed by atoms with van der Waals surface area (Å²) in [5.41, 5.74) is 0. The van der Waals surface area contributed by atoms with Gasteiger partial charge in [-0.05, 0) is 19.8 Å². The predicted molar refractivity (Wildman–Crippen MR) is 58.1 cm³/mol. The summed E-state index contributed by atoms with van der Waals surface area (Å²) in [7, 11) is 0. The SMILES string of the molecule is C=CCNC(=O)C(C)NC1CCCC1. The molecule has 1 aliphatic carbocycles. The van der Waals surface area contributed by atoms with Crippen LogP contribution in [0.4, 0.5) is 0 Å². The molecular weight excluding hydrogens is 176 g/mol. The fraction of sp³-hybridized carbons (Fsp3) is 0.727. The van der Waals surface area contributed by atoms with E-state index in [0.717, 1.165) is 0 Å². The Morgan fingerprint density at radius 2 is 2.21 bits per heavy atom. The number of rotatable bonds is 5. The minimum atomic E-state index is -0.0851. The van der Waals surface area contributed by atoms with Gasteiger partial charge in [0, 0.05) is 12.6 Å². The van der Waals surface area contributed by atoms with E-state index in [1.807, 2.05) is 6.92 Å². The zero-order valence-electron chi connectivity index (χ0n) is 8.88. The molecule has 0 aromatic carbocycles. The highest BCUT2D eigenvalue weighted by Gasteiger charge is 2.19. The van der Waals surface area contributed by atoms with Gasteiger partial charge in [-0.3, -0.25) is 4.79 Å². The summed E-state index contributed by atoms with van der Waals surface area (Å²) >= 11 is 0. The number of carbonyl (C=O) groups excluding carboxylic acids is 1. The van der Waals surface area contributed by atoms with E-state index < -0.39 is 0 Å². The van der Waals surface area contributed by atoms with Crippen molar-refractivity contribution in [3.05, 3.63) is 12.7 Å². The lowest BCUT2D eigenvalue weighted by Gasteiger charge is -2.18. The molecule has 3 nitrogen and oxygen atoms in total. The van der Waals surface area contributed by atoms with Gasteiger partial charge < -0.3 is 10.6 Å². The Bertz CT molecular complexity index is 197. The van der Waals surface area contributed by atoms with Crippen LogP contribution in [-0.2, 0) is 4.79 Å². The van der Waals surface area contributed by atoms with Gasteiger partial charge in [0.2, 0.25) is 5.91 Å². The molecule has 3 heteroatoms. The van der Waals surface area contributed by atoms with Gasteiger partial charge in [-0.2, -0.15) is 0 Å². The van der Waals surface area contributed by atoms with Crippen molar-refractivity contribution in [1.82, 2.24) is 10.6 Å². The van der Waals surface area contributed by atoms with Gasteiger partial charge >= 0.3 is 0 Å². The van der Waals surface area contributed by atoms with Gasteiger partial charge in [-0.25, -0.2) is 0 Å². The van der Waals surface area contributed by atoms with E-state index in [-0.39, 0.29) is 11.9 Å². The molecule has 1 atom stereocenters. The van der Waals surface area contributed by atoms with E-state index in [1.54, 1.807) is 6.08 Å². The van der Waals surface area contributed by atoms with Crippen molar-refractivity contribution < 1.29 is 4.79 Å². The molecule has 1 rings (SSSR count). The van der Waals surface area contributed by atoms with Crippen LogP contribution < -0.4 is 10.6 Å². The fourth-order valence-electron chi connectivity index (χ4n) is 1.85. The maximum Gasteiger partial charge on any atom is 0.237 e. The molecule has 14 heavy (non-hydrogen) atoms. The van der Waals surface area contributed by atoms with E-state index >= 15 is 0 Å². The van der Waals surface area contributed by atoms with Crippen LogP contribution in [0.15, 0.2) is 12.7 Å². The van der Waals surface area contributed by atoms with Crippen molar-refractivity contribution in [2.45, 2.75) is 44.7 Å². The average molecular weight is 196 g/mol. The van der Waals surface area contributed by atoms with Crippen LogP contribution in [0.1, 0.15) is 32.6 Å². The lowest BCUT2D eigenvalue weighted by atomic mass is 10.2. The second-order valence-electron chi connectivity index (χ2n) is 3.90. The molecular formula is C11H20N2O. The molecule has 80 valence electrons. The molecule has 1 amide bonds. The van der Waals surface area contributed by atoms with Crippen molar-refractivity contribution in [3.63, 3.8) is 0 Å². The van der Waals surface area contributed by atoms with Crippen LogP contribution in [-0.4, -0.2) is 24.5 Å². The topological polar surface area (TPSA) is 41.1 Å². The lowest BCUT2D eigenvalue weighted by Crippen LogP contribution is -2.45. The highest BCUT2D eigenvalue weighted by Crippen LogP contribution is 2.17. The molecule has 0 bridgehead atoms. The molecule has 1 saturated carbocycles. The van der Waals surface area contributed by atoms with Gasteiger partial charge in [-0.15, -0.1) is 6.58 Å². The highest BCUT2D eigenvalue weighted by atomic mass is 16.2. The van der Waals surface area contributed by atoms with Gasteiger partial charge in [0.1, 0.15) is 0 Å². The van der Waals surface area contributed by atoms with Gasteiger partial charge in [0.25, 0.3) is 0 Å². The first-order valence-corrected chi connectivity index (χ1v) is 5.38. The zero-order valence-corrected chi connectivity index (χ0v) is 8.88. The molecule has 0 heterocycles. The number of carbonyl (C=O) groups is 1. The fourth-order valence-corrected chi connectivity index (χ4v) is 1.85. The number of nitrogens with one attached hydrogen (secondary N) is 2. The summed E-state index contributed by atoms with van der Waals surface area (Å²) in [5, 5.41) is 6.13. The zero-order chi connectivity index (χ0) is 10.4. The lowest BCUT2D eigenvalue weighted by molar-refractivity contribution is -0.122. The van der Waals surface area contributed by atoms with E-state index in [2.05, 4.69) is 17.2 Å². The minimum Gasteiger partial charge on any atom is -0.351 e. The summed E-state index contributed by atoms with van der Waals surface area (Å²) in [5.74, 6) is 0.0665. The molecule has 1 unspecified atom stereocenters. The van der Waals surface area contributed by atoms with Gasteiger partial charge in [0.05, 0.1) is 6.04 Å². The van der Waals surface area contributed by atoms with Crippen molar-refractivity contribution in [3.8, 4) is 0 Å². The summed E-state index contributed by atoms with van der Waals surface area (Å²) in [6.45, 7) is 6.02. The van der Waals surface area contributed by atoms with Crippen molar-refractivity contribution in [2.24, 2.45) is 0 Å². The van der Waals surface area contributed by atoms with Crippen molar-refractivity contribution in [1.29, 1.82) is 0 Å². The molecule has 0 spiro atoms. The Morgan fingerprint density at radius 1 is 1.57 bits per heavy atom. The largest absolute Gasteiger partial charge is 0.351 e. The molecule has 0 saturated heterocycles. The van der Waals surface area contributed by atoms with Crippen molar-refractivity contribution >= 4 is 5.91 Å². The molecule has 0 aromatic heterocycles. The van der Waals surface area contributed by atoms with Gasteiger partial charge in [0.15, 0.2) is 0 Å². The third kappa shape index (κ3) is 3.50. The first-order chi connectivity index (χ1) is 6.74. The molecule has 1 aliphatic rings. The van der Waals surface area contributed by atoms with Crippen LogP contribution in [0, 0.1) is 0 Å². The Balaban J connectivity index is 2.21. The monoisotopic (exact) mass is 196 g/mol. The maximum atomic E-state index is 11.5. The molecule has 0 aliphatic heterocycles. The Morgan fingerprint density at radius 3 is 2.79 bits per heavy atom. The summed E-state index contributed by atoms with van der Waals surface area (Å²) < 4.78 is 0. The molecule has 0 aromatic rings. The van der Waals surface area contributed by atoms with Gasteiger partial charge in [-0.1, -0.05) is 18.9 Å². The van der Waals surface area contributed by atoms with Crippen LogP contribution in [0.2, 0.25) is 0 Å². The van der Waals surface area contributed by atoms with E-state index in [0.29, 0.717) is 12.6 Å². The quantitative estimate of drug-likeness (QED) is 0.649. The third-order valence-electron chi connectivity index (χ3n) is 2.65. The standard InChI is InChI=1S/C11H20N2O/c1-3-8-12-11(14)9(2)13-10-6-4-5-7-10/h3,9-10,13H,1,4-8H2,2H3,(H,12,14). The Labute approximate surface area is 86.0 Å². The smallest absolute Gasteiger partial charge is 0.237 e. The van der Waals surface area contributed by atoms with Crippen LogP contribution in [0.3, 0.4) is 0 Å². The first-order valence-electron chi connectivity index (χ1n) is 5.38. The Kier molecular flexibility index (Phi) is 4.66. The van der Waals surface area contributed by atoms with Crippen LogP contribution >= 0.6 is 0 Å². The summed E-state index contributed by atoms with van der Waals surface area (Å²) in [4.78, 5) is 11.5. The van der Waals surface area contributed by atoms with E-state index in [9.17, 15) is 4.79 Å². The van der Waals surface area contributed by atoms with E-state index in [1.165, 1.54) is 25.7 Å². The second-order valence-corrected chi connectivity index (χ2v) is 3.90. The number of hydrogen-bond acceptors (Lipinski definition) is 2. The van der Waals surface area contributed by atoms with Crippen LogP contribution in [0.5, 0.6) is 0 Å². The first kappa shape index (κ1) is 11.2. The van der Waals surface area contributed by atoms with Crippen molar-refractivity contribution in [2.75, 3.05) is 6.54 Å². The highest BCUT2D eigenvalue weighted by molar-refractivity contribution is 5.81. The predicted octanol–water partition coefficient (Wildman–Crippen LogP) is 1.21. The second kappa shape index (κ2) is 5.81. The minimum absolute atomic E-state index is 0.0665. The molecule has 0 radical (unpaired) electrons. The average Bonchev–Trinajstić information content (AvgIpc) is 2.66. The maximum absolute atomic E-state index is 11.5. The van der Waals surface area contributed by atoms with E-state index in [4.69, 9.17) is 0 Å². The molecule has 2 N–H and O–H groups in total. The number of amides is 1. The molecule has 1 fully saturated rings. The normalized spacial score (nSPS) is 19.2. The summed E-state index contributed by atoms with van der Waals surface area (Å²) in [6.07, 6.45) is 6.69. The van der Waals surface area contributed by atoms with Crippen LogP contribution in [0.25, 0.3) is 0 Å².